The number of hydrogen-bond acceptors (Lipinski definition) is 4. The van der Waals surface area contributed by atoms with Gasteiger partial charge in [-0.05, 0) is 37.0 Å². The van der Waals surface area contributed by atoms with Gasteiger partial charge in [0, 0.05) is 30.0 Å². The summed E-state index contributed by atoms with van der Waals surface area (Å²) in [5, 5.41) is 2.89. The number of amides is 4. The molecule has 0 radical (unpaired) electrons. The van der Waals surface area contributed by atoms with Gasteiger partial charge >= 0.3 is 0 Å². The van der Waals surface area contributed by atoms with Gasteiger partial charge in [-0.15, -0.1) is 0 Å². The molecule has 2 heterocycles. The summed E-state index contributed by atoms with van der Waals surface area (Å²) in [4.78, 5) is 52.2. The van der Waals surface area contributed by atoms with E-state index in [1.54, 1.807) is 18.2 Å². The Morgan fingerprint density at radius 3 is 2.43 bits per heavy atom. The minimum atomic E-state index is -0.453. The third-order valence-corrected chi connectivity index (χ3v) is 5.52. The van der Waals surface area contributed by atoms with Crippen molar-refractivity contribution >= 4 is 39.6 Å². The Bertz CT molecular complexity index is 816. The lowest BCUT2D eigenvalue weighted by molar-refractivity contribution is -0.133. The molecule has 1 aromatic carbocycles. The van der Waals surface area contributed by atoms with E-state index in [4.69, 9.17) is 0 Å². The molecule has 1 aromatic rings. The fourth-order valence-corrected chi connectivity index (χ4v) is 3.94. The molecule has 0 aliphatic carbocycles. The summed E-state index contributed by atoms with van der Waals surface area (Å²) in [6.45, 7) is 4.96. The van der Waals surface area contributed by atoms with Crippen LogP contribution in [0.4, 0.5) is 0 Å². The predicted octanol–water partition coefficient (Wildman–Crippen LogP) is 2.20. The van der Waals surface area contributed by atoms with Crippen molar-refractivity contribution in [2.45, 2.75) is 39.2 Å². The molecule has 4 amide bonds. The number of likely N-dealkylation sites (tertiary alicyclic amines) is 1. The Kier molecular flexibility index (Phi) is 6.17. The number of nitrogens with one attached hydrogen (secondary N) is 1. The lowest BCUT2D eigenvalue weighted by Gasteiger charge is -2.33. The minimum Gasteiger partial charge on any atom is -0.352 e. The Morgan fingerprint density at radius 1 is 1.14 bits per heavy atom. The molecule has 8 heteroatoms. The summed E-state index contributed by atoms with van der Waals surface area (Å²) >= 11 is 3.29. The van der Waals surface area contributed by atoms with Crippen molar-refractivity contribution in [3.63, 3.8) is 0 Å². The Balaban J connectivity index is 1.51. The van der Waals surface area contributed by atoms with Gasteiger partial charge in [-0.25, -0.2) is 0 Å². The van der Waals surface area contributed by atoms with Crippen LogP contribution in [0.15, 0.2) is 22.7 Å². The number of imide groups is 1. The molecule has 1 fully saturated rings. The first-order valence-corrected chi connectivity index (χ1v) is 10.3. The van der Waals surface area contributed by atoms with Gasteiger partial charge in [-0.1, -0.05) is 29.8 Å². The second kappa shape index (κ2) is 8.43. The van der Waals surface area contributed by atoms with Crippen LogP contribution < -0.4 is 5.32 Å². The van der Waals surface area contributed by atoms with Crippen LogP contribution >= 0.6 is 15.9 Å². The van der Waals surface area contributed by atoms with Crippen LogP contribution in [0.25, 0.3) is 0 Å². The summed E-state index contributed by atoms with van der Waals surface area (Å²) in [6.07, 6.45) is 1.88. The second-order valence-corrected chi connectivity index (χ2v) is 8.62. The van der Waals surface area contributed by atoms with Crippen LogP contribution in [0, 0.1) is 5.92 Å². The molecule has 28 heavy (non-hydrogen) atoms. The molecule has 1 saturated heterocycles. The van der Waals surface area contributed by atoms with Crippen LogP contribution in [0.3, 0.4) is 0 Å². The van der Waals surface area contributed by atoms with Gasteiger partial charge in [0.15, 0.2) is 0 Å². The quantitative estimate of drug-likeness (QED) is 0.697. The van der Waals surface area contributed by atoms with Crippen LogP contribution in [-0.2, 0) is 9.59 Å². The Labute approximate surface area is 172 Å². The molecule has 0 spiro atoms. The average Bonchev–Trinajstić information content (AvgIpc) is 2.86. The van der Waals surface area contributed by atoms with E-state index < -0.39 is 11.8 Å². The van der Waals surface area contributed by atoms with E-state index in [2.05, 4.69) is 21.2 Å². The van der Waals surface area contributed by atoms with Gasteiger partial charge in [0.05, 0.1) is 11.1 Å². The number of carbonyl (C=O) groups excluding carboxylic acids is 4. The molecule has 1 N–H and O–H groups in total. The molecule has 2 aliphatic heterocycles. The molecular formula is C20H24BrN3O4. The topological polar surface area (TPSA) is 86.8 Å². The van der Waals surface area contributed by atoms with Gasteiger partial charge in [0.25, 0.3) is 11.8 Å². The zero-order valence-corrected chi connectivity index (χ0v) is 17.6. The van der Waals surface area contributed by atoms with Crippen LogP contribution in [-0.4, -0.2) is 59.1 Å². The number of benzene rings is 1. The number of nitrogens with zero attached hydrogens (tertiary/aromatic N) is 2. The monoisotopic (exact) mass is 449 g/mol. The number of fused-ring (bicyclic) bond motifs is 1. The molecule has 7 nitrogen and oxygen atoms in total. The largest absolute Gasteiger partial charge is 0.352 e. The highest BCUT2D eigenvalue weighted by atomic mass is 79.9. The summed E-state index contributed by atoms with van der Waals surface area (Å²) in [5.74, 6) is -0.787. The van der Waals surface area contributed by atoms with E-state index in [1.165, 1.54) is 0 Å². The lowest BCUT2D eigenvalue weighted by Crippen LogP contribution is -2.49. The first-order chi connectivity index (χ1) is 13.3. The highest BCUT2D eigenvalue weighted by Crippen LogP contribution is 2.25. The van der Waals surface area contributed by atoms with Crippen molar-refractivity contribution in [2.75, 3.05) is 19.6 Å². The van der Waals surface area contributed by atoms with Crippen LogP contribution in [0.1, 0.15) is 53.8 Å². The van der Waals surface area contributed by atoms with Crippen molar-refractivity contribution < 1.29 is 19.2 Å². The molecule has 2 aliphatic rings. The lowest BCUT2D eigenvalue weighted by atomic mass is 10.0. The van der Waals surface area contributed by atoms with Crippen molar-refractivity contribution in [3.05, 3.63) is 33.8 Å². The number of halogens is 1. The van der Waals surface area contributed by atoms with Crippen LogP contribution in [0.2, 0.25) is 0 Å². The number of rotatable bonds is 5. The Morgan fingerprint density at radius 2 is 1.79 bits per heavy atom. The smallest absolute Gasteiger partial charge is 0.262 e. The Hall–Kier alpha value is -2.22. The SMILES string of the molecule is CC(C)CC(=O)N1CCC(NC(=O)CN2C(=O)c3ccc(Br)cc3C2=O)CC1. The van der Waals surface area contributed by atoms with Crippen molar-refractivity contribution in [2.24, 2.45) is 5.92 Å². The van der Waals surface area contributed by atoms with E-state index in [0.717, 1.165) is 4.90 Å². The van der Waals surface area contributed by atoms with E-state index >= 15 is 0 Å². The first kappa shape index (κ1) is 20.5. The van der Waals surface area contributed by atoms with E-state index in [-0.39, 0.29) is 24.4 Å². The maximum absolute atomic E-state index is 12.5. The standard InChI is InChI=1S/C20H24BrN3O4/c1-12(2)9-18(26)23-7-5-14(6-8-23)22-17(25)11-24-19(27)15-4-3-13(21)10-16(15)20(24)28/h3-4,10,12,14H,5-9,11H2,1-2H3,(H,22,25). The van der Waals surface area contributed by atoms with Gasteiger partial charge in [-0.2, -0.15) is 0 Å². The maximum Gasteiger partial charge on any atom is 0.262 e. The first-order valence-electron chi connectivity index (χ1n) is 9.49. The zero-order valence-electron chi connectivity index (χ0n) is 16.0. The van der Waals surface area contributed by atoms with E-state index in [9.17, 15) is 19.2 Å². The zero-order chi connectivity index (χ0) is 20.4. The molecule has 0 bridgehead atoms. The highest BCUT2D eigenvalue weighted by molar-refractivity contribution is 9.10. The van der Waals surface area contributed by atoms with Crippen molar-refractivity contribution in [1.82, 2.24) is 15.1 Å². The maximum atomic E-state index is 12.5. The third-order valence-electron chi connectivity index (χ3n) is 5.03. The number of piperidine rings is 1. The van der Waals surface area contributed by atoms with E-state index in [0.29, 0.717) is 53.9 Å². The summed E-state index contributed by atoms with van der Waals surface area (Å²) in [5.41, 5.74) is 0.627. The highest BCUT2D eigenvalue weighted by Gasteiger charge is 2.37. The molecule has 0 atom stereocenters. The number of hydrogen-bond donors (Lipinski definition) is 1. The summed E-state index contributed by atoms with van der Waals surface area (Å²) in [6, 6.07) is 4.82. The van der Waals surface area contributed by atoms with Gasteiger partial charge in [0.1, 0.15) is 6.54 Å². The van der Waals surface area contributed by atoms with Gasteiger partial charge in [-0.3, -0.25) is 24.1 Å². The molecule has 0 aromatic heterocycles. The summed E-state index contributed by atoms with van der Waals surface area (Å²) in [7, 11) is 0. The van der Waals surface area contributed by atoms with E-state index in [1.807, 2.05) is 18.7 Å². The number of carbonyl (C=O) groups is 4. The fraction of sp³-hybridized carbons (Fsp3) is 0.500. The minimum absolute atomic E-state index is 0.0556. The fourth-order valence-electron chi connectivity index (χ4n) is 3.58. The van der Waals surface area contributed by atoms with Gasteiger partial charge in [0.2, 0.25) is 11.8 Å². The van der Waals surface area contributed by atoms with Crippen LogP contribution in [0.5, 0.6) is 0 Å². The van der Waals surface area contributed by atoms with Crippen molar-refractivity contribution in [3.8, 4) is 0 Å². The summed E-state index contributed by atoms with van der Waals surface area (Å²) < 4.78 is 0.706. The van der Waals surface area contributed by atoms with Crippen molar-refractivity contribution in [1.29, 1.82) is 0 Å². The molecule has 3 rings (SSSR count). The second-order valence-electron chi connectivity index (χ2n) is 7.71. The molecular weight excluding hydrogens is 426 g/mol. The normalized spacial score (nSPS) is 17.3. The third kappa shape index (κ3) is 4.43. The van der Waals surface area contributed by atoms with Gasteiger partial charge < -0.3 is 10.2 Å². The molecule has 0 unspecified atom stereocenters. The average molecular weight is 450 g/mol. The molecule has 0 saturated carbocycles. The predicted molar refractivity (Wildman–Crippen MR) is 107 cm³/mol. The molecule has 150 valence electrons.